The number of hydrogen-bond donors (Lipinski definition) is 1. The Balaban J connectivity index is 1.77. The first-order valence-corrected chi connectivity index (χ1v) is 8.95. The Hall–Kier alpha value is -3.74. The molecule has 29 heavy (non-hydrogen) atoms. The summed E-state index contributed by atoms with van der Waals surface area (Å²) >= 11 is 0. The number of fused-ring (bicyclic) bond motifs is 2. The van der Waals surface area contributed by atoms with Gasteiger partial charge in [-0.3, -0.25) is 4.79 Å². The average Bonchev–Trinajstić information content (AvgIpc) is 2.97. The third-order valence-corrected chi connectivity index (χ3v) is 5.29. The monoisotopic (exact) mass is 391 g/mol. The minimum atomic E-state index is -0.690. The molecule has 0 spiro atoms. The van der Waals surface area contributed by atoms with Crippen LogP contribution in [0.5, 0.6) is 5.75 Å². The maximum absolute atomic E-state index is 14.9. The van der Waals surface area contributed by atoms with E-state index in [-0.39, 0.29) is 40.5 Å². The van der Waals surface area contributed by atoms with E-state index in [0.29, 0.717) is 16.6 Å². The van der Waals surface area contributed by atoms with Gasteiger partial charge in [-0.1, -0.05) is 18.2 Å². The largest absolute Gasteiger partial charge is 0.494 e. The fourth-order valence-corrected chi connectivity index (χ4v) is 3.78. The van der Waals surface area contributed by atoms with Crippen LogP contribution in [0.2, 0.25) is 0 Å². The van der Waals surface area contributed by atoms with Crippen LogP contribution in [0.3, 0.4) is 0 Å². The maximum Gasteiger partial charge on any atom is 0.262 e. The van der Waals surface area contributed by atoms with Crippen LogP contribution in [0.4, 0.5) is 14.5 Å². The van der Waals surface area contributed by atoms with E-state index in [1.807, 2.05) is 18.2 Å². The Labute approximate surface area is 164 Å². The van der Waals surface area contributed by atoms with Crippen molar-refractivity contribution in [2.75, 3.05) is 12.8 Å². The molecule has 2 aromatic carbocycles. The summed E-state index contributed by atoms with van der Waals surface area (Å²) < 4.78 is 34.8. The summed E-state index contributed by atoms with van der Waals surface area (Å²) in [4.78, 5) is 19.0. The number of halogens is 2. The molecular weight excluding hydrogens is 376 g/mol. The van der Waals surface area contributed by atoms with Crippen LogP contribution in [0, 0.1) is 11.6 Å². The van der Waals surface area contributed by atoms with Crippen molar-refractivity contribution in [2.45, 2.75) is 6.54 Å². The van der Waals surface area contributed by atoms with Gasteiger partial charge in [0.2, 0.25) is 0 Å². The molecule has 0 unspecified atom stereocenters. The van der Waals surface area contributed by atoms with Gasteiger partial charge in [0.15, 0.2) is 11.6 Å². The smallest absolute Gasteiger partial charge is 0.262 e. The number of nitrogens with two attached hydrogens (primary N) is 1. The molecule has 2 N–H and O–H groups in total. The minimum Gasteiger partial charge on any atom is -0.494 e. The molecule has 0 radical (unpaired) electrons. The predicted molar refractivity (Wildman–Crippen MR) is 105 cm³/mol. The number of hydrogen-bond acceptors (Lipinski definition) is 4. The van der Waals surface area contributed by atoms with Gasteiger partial charge >= 0.3 is 0 Å². The van der Waals surface area contributed by atoms with E-state index in [1.54, 1.807) is 11.0 Å². The Morgan fingerprint density at radius 2 is 1.97 bits per heavy atom. The van der Waals surface area contributed by atoms with E-state index in [4.69, 9.17) is 10.5 Å². The van der Waals surface area contributed by atoms with Crippen LogP contribution < -0.4 is 10.5 Å². The first kappa shape index (κ1) is 17.4. The molecule has 3 aromatic rings. The van der Waals surface area contributed by atoms with Crippen molar-refractivity contribution in [2.24, 2.45) is 0 Å². The molecular formula is C22H15F2N3O2. The number of nitrogens with zero attached hydrogens (tertiary/aromatic N) is 2. The molecule has 7 heteroatoms. The number of nitrogen functional groups attached to an aromatic ring is 1. The highest BCUT2D eigenvalue weighted by molar-refractivity contribution is 6.12. The minimum absolute atomic E-state index is 0.00176. The zero-order chi connectivity index (χ0) is 20.3. The number of anilines is 1. The molecule has 1 aromatic heterocycles. The molecule has 5 rings (SSSR count). The van der Waals surface area contributed by atoms with Crippen LogP contribution in [0.1, 0.15) is 16.1 Å². The number of rotatable bonds is 3. The summed E-state index contributed by atoms with van der Waals surface area (Å²) in [5.41, 5.74) is 8.25. The summed E-state index contributed by atoms with van der Waals surface area (Å²) in [7, 11) is 1.34. The first-order chi connectivity index (χ1) is 14.0. The molecule has 0 fully saturated rings. The highest BCUT2D eigenvalue weighted by Gasteiger charge is 2.35. The molecule has 2 heterocycles. The van der Waals surface area contributed by atoms with Gasteiger partial charge in [-0.2, -0.15) is 0 Å². The highest BCUT2D eigenvalue weighted by atomic mass is 19.1. The topological polar surface area (TPSA) is 68.5 Å². The number of benzene rings is 2. The molecule has 0 bridgehead atoms. The van der Waals surface area contributed by atoms with Crippen molar-refractivity contribution in [1.29, 1.82) is 0 Å². The summed E-state index contributed by atoms with van der Waals surface area (Å²) in [5, 5.41) is 0.399. The second-order valence-corrected chi connectivity index (χ2v) is 6.83. The number of carbonyl (C=O) groups excluding carboxylic acids is 1. The van der Waals surface area contributed by atoms with Crippen molar-refractivity contribution >= 4 is 22.5 Å². The number of carbonyl (C=O) groups is 1. The Bertz CT molecular complexity index is 1280. The van der Waals surface area contributed by atoms with Gasteiger partial charge in [-0.05, 0) is 30.4 Å². The fourth-order valence-electron chi connectivity index (χ4n) is 3.78. The molecule has 2 aliphatic rings. The maximum atomic E-state index is 14.9. The summed E-state index contributed by atoms with van der Waals surface area (Å²) in [5.74, 6) is -1.58. The third kappa shape index (κ3) is 2.37. The molecule has 5 nitrogen and oxygen atoms in total. The number of aromatic nitrogens is 1. The van der Waals surface area contributed by atoms with Crippen LogP contribution in [-0.2, 0) is 6.54 Å². The fraction of sp³-hybridized carbons (Fsp3) is 0.0909. The van der Waals surface area contributed by atoms with E-state index in [1.165, 1.54) is 31.4 Å². The van der Waals surface area contributed by atoms with E-state index in [0.717, 1.165) is 5.70 Å². The quantitative estimate of drug-likeness (QED) is 0.727. The molecule has 1 aliphatic carbocycles. The SMILES string of the molecule is COc1cccc(-c2c(F)ccc3c(N)c4c(nc23)CN(C2=CC=C2)C4=O)c1F. The van der Waals surface area contributed by atoms with Crippen molar-refractivity contribution in [3.63, 3.8) is 0 Å². The first-order valence-electron chi connectivity index (χ1n) is 8.95. The summed E-state index contributed by atoms with van der Waals surface area (Å²) in [6.45, 7) is 0.223. The van der Waals surface area contributed by atoms with Crippen molar-refractivity contribution in [1.82, 2.24) is 9.88 Å². The van der Waals surface area contributed by atoms with Gasteiger partial charge in [0, 0.05) is 22.2 Å². The van der Waals surface area contributed by atoms with Crippen molar-refractivity contribution in [3.8, 4) is 16.9 Å². The number of ether oxygens (including phenoxy) is 1. The number of pyridine rings is 1. The Kier molecular flexibility index (Phi) is 3.67. The van der Waals surface area contributed by atoms with E-state index in [9.17, 15) is 13.6 Å². The number of amides is 1. The van der Waals surface area contributed by atoms with Gasteiger partial charge in [-0.25, -0.2) is 13.8 Å². The predicted octanol–water partition coefficient (Wildman–Crippen LogP) is 4.18. The number of methoxy groups -OCH3 is 1. The van der Waals surface area contributed by atoms with Crippen LogP contribution >= 0.6 is 0 Å². The number of allylic oxidation sites excluding steroid dienone is 3. The molecule has 144 valence electrons. The van der Waals surface area contributed by atoms with E-state index >= 15 is 0 Å². The molecule has 1 amide bonds. The zero-order valence-electron chi connectivity index (χ0n) is 15.4. The highest BCUT2D eigenvalue weighted by Crippen LogP contribution is 2.40. The third-order valence-electron chi connectivity index (χ3n) is 5.29. The Morgan fingerprint density at radius 3 is 2.66 bits per heavy atom. The lowest BCUT2D eigenvalue weighted by molar-refractivity contribution is 0.0831. The van der Waals surface area contributed by atoms with Crippen LogP contribution in [-0.4, -0.2) is 22.9 Å². The molecule has 0 saturated carbocycles. The van der Waals surface area contributed by atoms with E-state index in [2.05, 4.69) is 4.98 Å². The normalized spacial score (nSPS) is 14.8. The average molecular weight is 391 g/mol. The lowest BCUT2D eigenvalue weighted by atomic mass is 9.98. The standard InChI is InChI=1S/C22H15F2N3O2/c1-29-16-7-3-6-12(19(16)24)17-14(23)9-8-13-20(25)18-15(26-21(13)17)10-27(22(18)28)11-4-2-5-11/h2-9H,10H2,1H3,(H2,25,26). The van der Waals surface area contributed by atoms with Gasteiger partial charge in [0.05, 0.1) is 36.1 Å². The summed E-state index contributed by atoms with van der Waals surface area (Å²) in [6.07, 6.45) is 5.46. The van der Waals surface area contributed by atoms with E-state index < -0.39 is 11.6 Å². The Morgan fingerprint density at radius 1 is 1.17 bits per heavy atom. The van der Waals surface area contributed by atoms with Gasteiger partial charge in [0.25, 0.3) is 5.91 Å². The van der Waals surface area contributed by atoms with Gasteiger partial charge in [0.1, 0.15) is 5.82 Å². The van der Waals surface area contributed by atoms with Gasteiger partial charge in [-0.15, -0.1) is 0 Å². The lowest BCUT2D eigenvalue weighted by Gasteiger charge is -2.19. The van der Waals surface area contributed by atoms with Crippen LogP contribution in [0.15, 0.2) is 54.3 Å². The molecule has 0 saturated heterocycles. The zero-order valence-corrected chi connectivity index (χ0v) is 15.4. The van der Waals surface area contributed by atoms with Crippen molar-refractivity contribution in [3.05, 3.63) is 77.1 Å². The lowest BCUT2D eigenvalue weighted by Crippen LogP contribution is -2.24. The second-order valence-electron chi connectivity index (χ2n) is 6.83. The van der Waals surface area contributed by atoms with Crippen molar-refractivity contribution < 1.29 is 18.3 Å². The summed E-state index contributed by atoms with van der Waals surface area (Å²) in [6, 6.07) is 7.16. The second kappa shape index (κ2) is 6.13. The molecule has 1 aliphatic heterocycles. The van der Waals surface area contributed by atoms with Crippen LogP contribution in [0.25, 0.3) is 22.0 Å². The molecule has 0 atom stereocenters. The van der Waals surface area contributed by atoms with Gasteiger partial charge < -0.3 is 15.4 Å².